The van der Waals surface area contributed by atoms with E-state index in [9.17, 15) is 14.7 Å². The van der Waals surface area contributed by atoms with E-state index in [0.717, 1.165) is 53.6 Å². The highest BCUT2D eigenvalue weighted by Gasteiger charge is 2.48. The van der Waals surface area contributed by atoms with Crippen molar-refractivity contribution in [1.82, 2.24) is 4.90 Å². The predicted molar refractivity (Wildman–Crippen MR) is 166 cm³/mol. The molecular weight excluding hydrogens is 544 g/mol. The topological polar surface area (TPSA) is 97.3 Å². The highest BCUT2D eigenvalue weighted by Crippen LogP contribution is 2.50. The number of aliphatic carboxylic acids is 1. The number of carbonyl (C=O) groups excluding carboxylic acids is 1. The van der Waals surface area contributed by atoms with Gasteiger partial charge in [0.15, 0.2) is 11.5 Å². The van der Waals surface area contributed by atoms with E-state index in [2.05, 4.69) is 57.3 Å². The van der Waals surface area contributed by atoms with E-state index in [1.807, 2.05) is 29.2 Å². The van der Waals surface area contributed by atoms with Crippen molar-refractivity contribution in [3.05, 3.63) is 81.9 Å². The molecule has 0 spiro atoms. The van der Waals surface area contributed by atoms with Crippen molar-refractivity contribution < 1.29 is 28.9 Å². The Hall–Kier alpha value is -4.04. The molecule has 1 saturated heterocycles. The lowest BCUT2D eigenvalue weighted by Gasteiger charge is -2.27. The number of nitrogens with one attached hydrogen (secondary N) is 1. The molecular formula is C35H42N2O6. The summed E-state index contributed by atoms with van der Waals surface area (Å²) in [5, 5.41) is 13.9. The van der Waals surface area contributed by atoms with Gasteiger partial charge < -0.3 is 24.6 Å². The molecule has 228 valence electrons. The SMILES string of the molecule is CCCc1ccc([C@H]2C(C(=O)O)[C@@H](c3cc(OC)c4c(c3)OCO4)CN2CC(=O)Nc2c(CC)cc(C)cc2CC)cc1. The van der Waals surface area contributed by atoms with Gasteiger partial charge in [0.25, 0.3) is 0 Å². The third kappa shape index (κ3) is 6.20. The van der Waals surface area contributed by atoms with Crippen LogP contribution in [0.1, 0.15) is 72.5 Å². The number of carboxylic acids is 1. The lowest BCUT2D eigenvalue weighted by molar-refractivity contribution is -0.143. The number of amides is 1. The molecule has 1 amide bonds. The highest BCUT2D eigenvalue weighted by atomic mass is 16.7. The van der Waals surface area contributed by atoms with Crippen molar-refractivity contribution in [3.8, 4) is 17.2 Å². The lowest BCUT2D eigenvalue weighted by Crippen LogP contribution is -2.35. The second-order valence-electron chi connectivity index (χ2n) is 11.5. The number of nitrogens with zero attached hydrogens (tertiary/aromatic N) is 1. The number of anilines is 1. The maximum atomic E-state index is 13.7. The summed E-state index contributed by atoms with van der Waals surface area (Å²) < 4.78 is 16.8. The van der Waals surface area contributed by atoms with Crippen LogP contribution >= 0.6 is 0 Å². The number of likely N-dealkylation sites (tertiary alicyclic amines) is 1. The Morgan fingerprint density at radius 3 is 2.30 bits per heavy atom. The van der Waals surface area contributed by atoms with Gasteiger partial charge in [0, 0.05) is 24.2 Å². The van der Waals surface area contributed by atoms with Gasteiger partial charge in [0.1, 0.15) is 0 Å². The van der Waals surface area contributed by atoms with E-state index in [1.54, 1.807) is 7.11 Å². The summed E-state index contributed by atoms with van der Waals surface area (Å²) in [6.07, 6.45) is 3.58. The number of methoxy groups -OCH3 is 1. The fourth-order valence-electron chi connectivity index (χ4n) is 6.69. The van der Waals surface area contributed by atoms with Crippen molar-refractivity contribution >= 4 is 17.6 Å². The van der Waals surface area contributed by atoms with Gasteiger partial charge in [-0.2, -0.15) is 0 Å². The van der Waals surface area contributed by atoms with Crippen LogP contribution in [0.2, 0.25) is 0 Å². The Morgan fingerprint density at radius 2 is 1.70 bits per heavy atom. The summed E-state index contributed by atoms with van der Waals surface area (Å²) in [4.78, 5) is 28.8. The van der Waals surface area contributed by atoms with Gasteiger partial charge in [-0.05, 0) is 66.1 Å². The van der Waals surface area contributed by atoms with Gasteiger partial charge in [-0.3, -0.25) is 14.5 Å². The van der Waals surface area contributed by atoms with Gasteiger partial charge >= 0.3 is 5.97 Å². The number of hydrogen-bond acceptors (Lipinski definition) is 6. The molecule has 8 heteroatoms. The molecule has 0 saturated carbocycles. The summed E-state index contributed by atoms with van der Waals surface area (Å²) in [5.41, 5.74) is 7.11. The first kappa shape index (κ1) is 30.4. The molecule has 3 aromatic carbocycles. The fraction of sp³-hybridized carbons (Fsp3) is 0.429. The van der Waals surface area contributed by atoms with E-state index < -0.39 is 23.8 Å². The van der Waals surface area contributed by atoms with E-state index >= 15 is 0 Å². The smallest absolute Gasteiger partial charge is 0.309 e. The molecule has 5 rings (SSSR count). The second kappa shape index (κ2) is 13.1. The number of hydrogen-bond donors (Lipinski definition) is 2. The number of fused-ring (bicyclic) bond motifs is 1. The molecule has 3 aromatic rings. The quantitative estimate of drug-likeness (QED) is 0.273. The Bertz CT molecular complexity index is 1460. The molecule has 0 aliphatic carbocycles. The Kier molecular flexibility index (Phi) is 9.25. The lowest BCUT2D eigenvalue weighted by atomic mass is 9.82. The molecule has 2 heterocycles. The standard InChI is InChI=1S/C35H42N2O6/c1-6-9-22-10-12-25(13-11-22)33-31(35(39)40)27(26-16-28(41-5)34-29(17-26)42-20-43-34)18-37(33)19-30(38)36-32-23(7-2)14-21(4)15-24(32)8-3/h10-17,27,31,33H,6-9,18-20H2,1-5H3,(H,36,38)(H,39,40)/t27-,31?,33+/m1/s1. The van der Waals surface area contributed by atoms with Crippen LogP contribution in [0.3, 0.4) is 0 Å². The largest absolute Gasteiger partial charge is 0.493 e. The maximum Gasteiger partial charge on any atom is 0.309 e. The Morgan fingerprint density at radius 1 is 1.00 bits per heavy atom. The van der Waals surface area contributed by atoms with E-state index in [4.69, 9.17) is 14.2 Å². The molecule has 1 unspecified atom stereocenters. The number of ether oxygens (including phenoxy) is 3. The van der Waals surface area contributed by atoms with E-state index in [1.165, 1.54) is 11.1 Å². The van der Waals surface area contributed by atoms with Crippen LogP contribution in [0.4, 0.5) is 5.69 Å². The van der Waals surface area contributed by atoms with Crippen LogP contribution in [0.25, 0.3) is 0 Å². The van der Waals surface area contributed by atoms with E-state index in [-0.39, 0.29) is 19.2 Å². The van der Waals surface area contributed by atoms with Crippen LogP contribution in [0.15, 0.2) is 48.5 Å². The second-order valence-corrected chi connectivity index (χ2v) is 11.5. The zero-order valence-corrected chi connectivity index (χ0v) is 25.7. The number of carbonyl (C=O) groups is 2. The van der Waals surface area contributed by atoms with Crippen molar-refractivity contribution in [2.24, 2.45) is 5.92 Å². The highest BCUT2D eigenvalue weighted by molar-refractivity contribution is 5.94. The van der Waals surface area contributed by atoms with E-state index in [0.29, 0.717) is 23.8 Å². The third-order valence-corrected chi connectivity index (χ3v) is 8.67. The zero-order chi connectivity index (χ0) is 30.7. The number of aryl methyl sites for hydroxylation is 4. The number of rotatable bonds is 11. The Labute approximate surface area is 254 Å². The minimum absolute atomic E-state index is 0.0591. The first-order valence-corrected chi connectivity index (χ1v) is 15.2. The van der Waals surface area contributed by atoms with Gasteiger partial charge in [0.2, 0.25) is 18.4 Å². The maximum absolute atomic E-state index is 13.7. The zero-order valence-electron chi connectivity index (χ0n) is 25.7. The molecule has 43 heavy (non-hydrogen) atoms. The Balaban J connectivity index is 1.52. The molecule has 8 nitrogen and oxygen atoms in total. The molecule has 0 bridgehead atoms. The third-order valence-electron chi connectivity index (χ3n) is 8.67. The average Bonchev–Trinajstić information content (AvgIpc) is 3.63. The van der Waals surface area contributed by atoms with Gasteiger partial charge in [0.05, 0.1) is 19.6 Å². The van der Waals surface area contributed by atoms with Crippen molar-refractivity contribution in [3.63, 3.8) is 0 Å². The van der Waals surface area contributed by atoms with Crippen LogP contribution in [-0.4, -0.2) is 48.9 Å². The number of carboxylic acid groups (broad SMARTS) is 1. The van der Waals surface area contributed by atoms with Crippen LogP contribution in [0.5, 0.6) is 17.2 Å². The monoisotopic (exact) mass is 586 g/mol. The molecule has 0 aromatic heterocycles. The molecule has 2 aliphatic heterocycles. The average molecular weight is 587 g/mol. The summed E-state index contributed by atoms with van der Waals surface area (Å²) in [6.45, 7) is 8.90. The van der Waals surface area contributed by atoms with Crippen LogP contribution in [-0.2, 0) is 28.9 Å². The molecule has 2 aliphatic rings. The normalized spacial score (nSPS) is 19.4. The van der Waals surface area contributed by atoms with Gasteiger partial charge in [-0.15, -0.1) is 0 Å². The summed E-state index contributed by atoms with van der Waals surface area (Å²) in [5.74, 6) is -0.719. The predicted octanol–water partition coefficient (Wildman–Crippen LogP) is 6.29. The summed E-state index contributed by atoms with van der Waals surface area (Å²) in [7, 11) is 1.56. The van der Waals surface area contributed by atoms with Crippen LogP contribution < -0.4 is 19.5 Å². The molecule has 2 N–H and O–H groups in total. The molecule has 1 fully saturated rings. The minimum Gasteiger partial charge on any atom is -0.493 e. The van der Waals surface area contributed by atoms with Crippen LogP contribution in [0, 0.1) is 12.8 Å². The fourth-order valence-corrected chi connectivity index (χ4v) is 6.69. The van der Waals surface area contributed by atoms with Crippen molar-refractivity contribution in [1.29, 1.82) is 0 Å². The molecule has 3 atom stereocenters. The number of benzene rings is 3. The van der Waals surface area contributed by atoms with Gasteiger partial charge in [-0.25, -0.2) is 0 Å². The van der Waals surface area contributed by atoms with Gasteiger partial charge in [-0.1, -0.05) is 69.2 Å². The summed E-state index contributed by atoms with van der Waals surface area (Å²) in [6, 6.07) is 15.6. The minimum atomic E-state index is -0.910. The first-order chi connectivity index (χ1) is 20.8. The van der Waals surface area contributed by atoms with Crippen molar-refractivity contribution in [2.75, 3.05) is 32.3 Å². The summed E-state index contributed by atoms with van der Waals surface area (Å²) >= 11 is 0. The first-order valence-electron chi connectivity index (χ1n) is 15.2. The molecule has 0 radical (unpaired) electrons. The van der Waals surface area contributed by atoms with Crippen molar-refractivity contribution in [2.45, 2.75) is 65.3 Å².